The van der Waals surface area contributed by atoms with Crippen molar-refractivity contribution in [3.05, 3.63) is 41.3 Å². The van der Waals surface area contributed by atoms with Crippen LogP contribution >= 0.6 is 0 Å². The van der Waals surface area contributed by atoms with Gasteiger partial charge >= 0.3 is 0 Å². The molecule has 0 atom stereocenters. The largest absolute Gasteiger partial charge is 0.0585 e. The quantitative estimate of drug-likeness (QED) is 0.651. The highest BCUT2D eigenvalue weighted by Crippen LogP contribution is 2.41. The van der Waals surface area contributed by atoms with Crippen LogP contribution in [-0.4, -0.2) is 0 Å². The van der Waals surface area contributed by atoms with Crippen LogP contribution in [0.25, 0.3) is 0 Å². The smallest absolute Gasteiger partial charge is 0.00498 e. The van der Waals surface area contributed by atoms with Crippen LogP contribution in [0.3, 0.4) is 0 Å². The Morgan fingerprint density at radius 1 is 0.857 bits per heavy atom. The van der Waals surface area contributed by atoms with Crippen LogP contribution in [0, 0.1) is 5.92 Å². The van der Waals surface area contributed by atoms with E-state index in [0.29, 0.717) is 0 Å². The molecule has 73 valence electrons. The number of hydrogen-bond donors (Lipinski definition) is 0. The molecule has 0 bridgehead atoms. The highest BCUT2D eigenvalue weighted by molar-refractivity contribution is 5.36. The van der Waals surface area contributed by atoms with Crippen molar-refractivity contribution in [2.75, 3.05) is 0 Å². The summed E-state index contributed by atoms with van der Waals surface area (Å²) >= 11 is 0. The van der Waals surface area contributed by atoms with E-state index in [1.807, 2.05) is 0 Å². The third-order valence-corrected chi connectivity index (χ3v) is 3.57. The first-order chi connectivity index (χ1) is 6.93. The normalized spacial score (nSPS) is 22.9. The molecular formula is C14H17. The minimum atomic E-state index is 0.901. The summed E-state index contributed by atoms with van der Waals surface area (Å²) in [5.41, 5.74) is 3.07. The van der Waals surface area contributed by atoms with Crippen molar-refractivity contribution in [3.8, 4) is 0 Å². The lowest BCUT2D eigenvalue weighted by Crippen LogP contribution is -1.93. The topological polar surface area (TPSA) is 0 Å². The zero-order chi connectivity index (χ0) is 9.38. The lowest BCUT2D eigenvalue weighted by molar-refractivity contribution is 0.886. The van der Waals surface area contributed by atoms with Gasteiger partial charge in [0.1, 0.15) is 0 Å². The Labute approximate surface area is 86.3 Å². The Balaban J connectivity index is 1.78. The molecule has 0 unspecified atom stereocenters. The Bertz CT molecular complexity index is 299. The minimum Gasteiger partial charge on any atom is -0.0585 e. The van der Waals surface area contributed by atoms with Crippen LogP contribution in [-0.2, 0) is 0 Å². The molecule has 0 spiro atoms. The lowest BCUT2D eigenvalue weighted by atomic mass is 9.96. The second-order valence-corrected chi connectivity index (χ2v) is 4.71. The second-order valence-electron chi connectivity index (χ2n) is 4.71. The summed E-state index contributed by atoms with van der Waals surface area (Å²) in [7, 11) is 0. The Hall–Kier alpha value is -0.780. The molecule has 0 amide bonds. The van der Waals surface area contributed by atoms with Crippen molar-refractivity contribution in [1.29, 1.82) is 0 Å². The number of hydrogen-bond acceptors (Lipinski definition) is 0. The van der Waals surface area contributed by atoms with Crippen molar-refractivity contribution in [2.45, 2.75) is 44.4 Å². The molecule has 0 aliphatic heterocycles. The first-order valence-corrected chi connectivity index (χ1v) is 5.88. The van der Waals surface area contributed by atoms with Gasteiger partial charge in [0.25, 0.3) is 0 Å². The SMILES string of the molecule is c1cc(C2CC2)ccc1[C]1CCCC1. The van der Waals surface area contributed by atoms with Gasteiger partial charge in [-0.05, 0) is 42.7 Å². The number of benzene rings is 1. The summed E-state index contributed by atoms with van der Waals surface area (Å²) in [5, 5.41) is 0. The minimum absolute atomic E-state index is 0.901. The third kappa shape index (κ3) is 1.58. The van der Waals surface area contributed by atoms with Crippen LogP contribution in [0.2, 0.25) is 0 Å². The molecule has 2 saturated carbocycles. The predicted octanol–water partition coefficient (Wildman–Crippen LogP) is 4.06. The zero-order valence-electron chi connectivity index (χ0n) is 8.63. The maximum absolute atomic E-state index is 2.35. The highest BCUT2D eigenvalue weighted by atomic mass is 14.3. The first-order valence-electron chi connectivity index (χ1n) is 5.88. The van der Waals surface area contributed by atoms with Gasteiger partial charge in [0.15, 0.2) is 0 Å². The maximum atomic E-state index is 2.35. The van der Waals surface area contributed by atoms with E-state index < -0.39 is 0 Å². The van der Waals surface area contributed by atoms with Gasteiger partial charge in [-0.2, -0.15) is 0 Å². The molecular weight excluding hydrogens is 168 g/mol. The van der Waals surface area contributed by atoms with E-state index in [1.165, 1.54) is 44.1 Å². The van der Waals surface area contributed by atoms with E-state index in [0.717, 1.165) is 5.92 Å². The van der Waals surface area contributed by atoms with Crippen LogP contribution in [0.1, 0.15) is 55.6 Å². The van der Waals surface area contributed by atoms with E-state index in [2.05, 4.69) is 24.3 Å². The fraction of sp³-hybridized carbons (Fsp3) is 0.500. The molecule has 1 aromatic rings. The fourth-order valence-corrected chi connectivity index (χ4v) is 2.50. The van der Waals surface area contributed by atoms with Crippen LogP contribution in [0.5, 0.6) is 0 Å². The monoisotopic (exact) mass is 185 g/mol. The third-order valence-electron chi connectivity index (χ3n) is 3.57. The average molecular weight is 185 g/mol. The first kappa shape index (κ1) is 8.52. The van der Waals surface area contributed by atoms with Gasteiger partial charge in [-0.1, -0.05) is 37.1 Å². The van der Waals surface area contributed by atoms with Gasteiger partial charge in [0.05, 0.1) is 0 Å². The molecule has 2 aliphatic carbocycles. The van der Waals surface area contributed by atoms with E-state index in [-0.39, 0.29) is 0 Å². The Morgan fingerprint density at radius 3 is 2.07 bits per heavy atom. The molecule has 0 heteroatoms. The second kappa shape index (κ2) is 3.42. The molecule has 14 heavy (non-hydrogen) atoms. The summed E-state index contributed by atoms with van der Waals surface area (Å²) in [6, 6.07) is 9.37. The molecule has 0 heterocycles. The van der Waals surface area contributed by atoms with Gasteiger partial charge < -0.3 is 0 Å². The fourth-order valence-electron chi connectivity index (χ4n) is 2.50. The Kier molecular flexibility index (Phi) is 2.08. The summed E-state index contributed by atoms with van der Waals surface area (Å²) in [6.45, 7) is 0. The summed E-state index contributed by atoms with van der Waals surface area (Å²) in [4.78, 5) is 0. The van der Waals surface area contributed by atoms with E-state index in [1.54, 1.807) is 11.5 Å². The van der Waals surface area contributed by atoms with Gasteiger partial charge in [0.2, 0.25) is 0 Å². The van der Waals surface area contributed by atoms with E-state index >= 15 is 0 Å². The van der Waals surface area contributed by atoms with Crippen LogP contribution in [0.15, 0.2) is 24.3 Å². The van der Waals surface area contributed by atoms with Gasteiger partial charge in [0, 0.05) is 5.92 Å². The van der Waals surface area contributed by atoms with Crippen molar-refractivity contribution < 1.29 is 0 Å². The molecule has 0 nitrogen and oxygen atoms in total. The summed E-state index contributed by atoms with van der Waals surface area (Å²) < 4.78 is 0. The Morgan fingerprint density at radius 2 is 1.50 bits per heavy atom. The van der Waals surface area contributed by atoms with Gasteiger partial charge in [-0.15, -0.1) is 0 Å². The maximum Gasteiger partial charge on any atom is 0.00498 e. The van der Waals surface area contributed by atoms with Gasteiger partial charge in [-0.25, -0.2) is 0 Å². The molecule has 3 rings (SSSR count). The van der Waals surface area contributed by atoms with Crippen LogP contribution < -0.4 is 0 Å². The van der Waals surface area contributed by atoms with E-state index in [9.17, 15) is 0 Å². The zero-order valence-corrected chi connectivity index (χ0v) is 8.63. The van der Waals surface area contributed by atoms with Crippen molar-refractivity contribution in [3.63, 3.8) is 0 Å². The molecule has 1 aromatic carbocycles. The van der Waals surface area contributed by atoms with Crippen molar-refractivity contribution >= 4 is 0 Å². The van der Waals surface area contributed by atoms with Gasteiger partial charge in [-0.3, -0.25) is 0 Å². The molecule has 0 N–H and O–H groups in total. The average Bonchev–Trinajstić information content (AvgIpc) is 2.94. The molecule has 2 fully saturated rings. The molecule has 2 aliphatic rings. The van der Waals surface area contributed by atoms with E-state index in [4.69, 9.17) is 0 Å². The molecule has 0 saturated heterocycles. The lowest BCUT2D eigenvalue weighted by Gasteiger charge is -2.09. The number of rotatable bonds is 2. The highest BCUT2D eigenvalue weighted by Gasteiger charge is 2.24. The van der Waals surface area contributed by atoms with Crippen molar-refractivity contribution in [1.82, 2.24) is 0 Å². The predicted molar refractivity (Wildman–Crippen MR) is 59.2 cm³/mol. The summed E-state index contributed by atoms with van der Waals surface area (Å²) in [6.07, 6.45) is 8.30. The summed E-state index contributed by atoms with van der Waals surface area (Å²) in [5.74, 6) is 2.59. The van der Waals surface area contributed by atoms with Crippen molar-refractivity contribution in [2.24, 2.45) is 0 Å². The standard InChI is InChI=1S/C14H17/c1-2-4-11(3-1)12-5-7-13(8-6-12)14-9-10-14/h5-8,14H,1-4,9-10H2. The molecule has 0 aromatic heterocycles. The molecule has 1 radical (unpaired) electrons. The van der Waals surface area contributed by atoms with Crippen LogP contribution in [0.4, 0.5) is 0 Å².